The standard InChI is InChI=1S/C20H19N7O6S2/c1-33-25-12(11-8-35-20(22)23-11)16(29)24-13-17(30)27-14(19(31)32)10(7-34-18(13)27)6-26-4-2-9(3-5-26)15(21)28/h2-5,8,13,18H,6-7H2,1H3,(H5-,21,22,23,24,28,29,31,32)/p+1/b25-12-/t13-,18-/m1/s1. The number of nitrogens with two attached hydrogens (primary N) is 2. The molecule has 1 saturated heterocycles. The first-order chi connectivity index (χ1) is 16.7. The minimum atomic E-state index is -1.25. The van der Waals surface area contributed by atoms with Gasteiger partial charge in [0.2, 0.25) is 5.91 Å². The van der Waals surface area contributed by atoms with Crippen molar-refractivity contribution in [3.05, 3.63) is 52.4 Å². The number of carboxylic acids is 1. The molecule has 0 aromatic carbocycles. The number of anilines is 1. The molecule has 0 radical (unpaired) electrons. The lowest BCUT2D eigenvalue weighted by Gasteiger charge is -2.49. The maximum absolute atomic E-state index is 12.9. The summed E-state index contributed by atoms with van der Waals surface area (Å²) in [4.78, 5) is 59.0. The van der Waals surface area contributed by atoms with Gasteiger partial charge >= 0.3 is 5.97 Å². The number of hydrogen-bond acceptors (Lipinski definition) is 10. The number of hydrogen-bond donors (Lipinski definition) is 4. The number of carbonyl (C=O) groups excluding carboxylic acids is 3. The van der Waals surface area contributed by atoms with E-state index in [9.17, 15) is 24.3 Å². The number of carboxylic acid groups (broad SMARTS) is 1. The van der Waals surface area contributed by atoms with Crippen molar-refractivity contribution in [2.24, 2.45) is 10.9 Å². The molecular weight excluding hydrogens is 498 g/mol. The Bertz CT molecular complexity index is 1270. The summed E-state index contributed by atoms with van der Waals surface area (Å²) < 4.78 is 1.68. The third kappa shape index (κ3) is 4.67. The zero-order valence-corrected chi connectivity index (χ0v) is 19.8. The molecule has 15 heteroatoms. The van der Waals surface area contributed by atoms with Crippen LogP contribution in [-0.2, 0) is 25.8 Å². The summed E-state index contributed by atoms with van der Waals surface area (Å²) in [5.74, 6) is -2.77. The van der Waals surface area contributed by atoms with Gasteiger partial charge in [0, 0.05) is 28.8 Å². The number of fused-ring (bicyclic) bond motifs is 1. The summed E-state index contributed by atoms with van der Waals surface area (Å²) in [5, 5.41) is 17.3. The predicted molar refractivity (Wildman–Crippen MR) is 125 cm³/mol. The zero-order chi connectivity index (χ0) is 25.3. The molecule has 4 rings (SSSR count). The van der Waals surface area contributed by atoms with E-state index in [0.717, 1.165) is 11.3 Å². The monoisotopic (exact) mass is 518 g/mol. The quantitative estimate of drug-likeness (QED) is 0.145. The van der Waals surface area contributed by atoms with Gasteiger partial charge in [0.15, 0.2) is 29.8 Å². The number of thiazole rings is 1. The molecule has 0 bridgehead atoms. The van der Waals surface area contributed by atoms with Crippen molar-refractivity contribution in [2.75, 3.05) is 18.6 Å². The molecule has 0 saturated carbocycles. The van der Waals surface area contributed by atoms with Crippen molar-refractivity contribution in [2.45, 2.75) is 18.0 Å². The molecule has 2 aromatic rings. The third-order valence-electron chi connectivity index (χ3n) is 5.25. The minimum absolute atomic E-state index is 0.131. The number of amides is 3. The maximum Gasteiger partial charge on any atom is 0.352 e. The van der Waals surface area contributed by atoms with Gasteiger partial charge in [-0.25, -0.2) is 14.3 Å². The SMILES string of the molecule is CO/N=C(\C(=O)N[C@@H]1C(=O)N2C(C(=O)O)=C(C[n+]3ccc(C(N)=O)cc3)CS[C@H]12)c1csc(N)n1. The number of rotatable bonds is 8. The molecule has 2 aliphatic rings. The molecule has 2 aromatic heterocycles. The van der Waals surface area contributed by atoms with Gasteiger partial charge in [-0.2, -0.15) is 0 Å². The zero-order valence-electron chi connectivity index (χ0n) is 18.2. The van der Waals surface area contributed by atoms with Gasteiger partial charge in [-0.3, -0.25) is 19.3 Å². The van der Waals surface area contributed by atoms with E-state index in [4.69, 9.17) is 16.3 Å². The predicted octanol–water partition coefficient (Wildman–Crippen LogP) is -1.10. The largest absolute Gasteiger partial charge is 0.477 e. The van der Waals surface area contributed by atoms with E-state index in [1.807, 2.05) is 0 Å². The molecule has 6 N–H and O–H groups in total. The maximum atomic E-state index is 12.9. The molecule has 0 unspecified atom stereocenters. The van der Waals surface area contributed by atoms with Gasteiger partial charge < -0.3 is 26.7 Å². The molecule has 2 atom stereocenters. The number of oxime groups is 1. The summed E-state index contributed by atoms with van der Waals surface area (Å²) in [6.07, 6.45) is 3.21. The topological polar surface area (TPSA) is 194 Å². The van der Waals surface area contributed by atoms with Crippen LogP contribution in [-0.4, -0.2) is 68.7 Å². The van der Waals surface area contributed by atoms with Crippen molar-refractivity contribution >= 4 is 57.6 Å². The number of aliphatic carboxylic acids is 1. The number of β-lactam (4-membered cyclic amide) rings is 1. The average molecular weight is 519 g/mol. The molecule has 4 heterocycles. The van der Waals surface area contributed by atoms with Gasteiger partial charge in [-0.15, -0.1) is 23.1 Å². The highest BCUT2D eigenvalue weighted by atomic mass is 32.2. The van der Waals surface area contributed by atoms with Crippen LogP contribution in [0.4, 0.5) is 5.13 Å². The van der Waals surface area contributed by atoms with Gasteiger partial charge in [-0.1, -0.05) is 5.16 Å². The van der Waals surface area contributed by atoms with E-state index in [1.165, 1.54) is 41.3 Å². The first-order valence-corrected chi connectivity index (χ1v) is 12.0. The van der Waals surface area contributed by atoms with Crippen LogP contribution < -0.4 is 21.4 Å². The molecule has 13 nitrogen and oxygen atoms in total. The second kappa shape index (κ2) is 9.71. The van der Waals surface area contributed by atoms with Crippen molar-refractivity contribution < 1.29 is 33.7 Å². The van der Waals surface area contributed by atoms with E-state index in [-0.39, 0.29) is 28.8 Å². The van der Waals surface area contributed by atoms with Gasteiger partial charge in [0.1, 0.15) is 29.9 Å². The van der Waals surface area contributed by atoms with E-state index >= 15 is 0 Å². The summed E-state index contributed by atoms with van der Waals surface area (Å²) in [7, 11) is 1.27. The molecule has 2 aliphatic heterocycles. The fourth-order valence-corrected chi connectivity index (χ4v) is 5.54. The first kappa shape index (κ1) is 24.2. The number of nitrogen functional groups attached to an aromatic ring is 1. The van der Waals surface area contributed by atoms with Gasteiger partial charge in [-0.05, 0) is 0 Å². The Morgan fingerprint density at radius 2 is 2.09 bits per heavy atom. The van der Waals surface area contributed by atoms with Crippen LogP contribution >= 0.6 is 23.1 Å². The first-order valence-electron chi connectivity index (χ1n) is 10.0. The number of nitrogens with one attached hydrogen (secondary N) is 1. The van der Waals surface area contributed by atoms with Crippen LogP contribution in [0, 0.1) is 0 Å². The molecule has 182 valence electrons. The smallest absolute Gasteiger partial charge is 0.352 e. The lowest BCUT2D eigenvalue weighted by atomic mass is 10.0. The number of thioether (sulfide) groups is 1. The second-order valence-corrected chi connectivity index (χ2v) is 9.43. The Balaban J connectivity index is 1.52. The van der Waals surface area contributed by atoms with Crippen molar-refractivity contribution in [3.8, 4) is 0 Å². The number of pyridine rings is 1. The summed E-state index contributed by atoms with van der Waals surface area (Å²) in [5.41, 5.74) is 11.6. The van der Waals surface area contributed by atoms with Crippen LogP contribution in [0.3, 0.4) is 0 Å². The minimum Gasteiger partial charge on any atom is -0.477 e. The number of aromatic nitrogens is 2. The average Bonchev–Trinajstić information content (AvgIpc) is 3.26. The Hall–Kier alpha value is -3.98. The van der Waals surface area contributed by atoms with Gasteiger partial charge in [0.25, 0.3) is 11.8 Å². The van der Waals surface area contributed by atoms with E-state index in [1.54, 1.807) is 17.0 Å². The van der Waals surface area contributed by atoms with Crippen molar-refractivity contribution in [1.82, 2.24) is 15.2 Å². The number of nitrogens with zero attached hydrogens (tertiary/aromatic N) is 4. The molecule has 0 aliphatic carbocycles. The fraction of sp³-hybridized carbons (Fsp3) is 0.250. The highest BCUT2D eigenvalue weighted by Gasteiger charge is 2.54. The lowest BCUT2D eigenvalue weighted by molar-refractivity contribution is -0.689. The van der Waals surface area contributed by atoms with Gasteiger partial charge in [0.05, 0.1) is 5.56 Å². The molecule has 35 heavy (non-hydrogen) atoms. The van der Waals surface area contributed by atoms with Crippen LogP contribution in [0.2, 0.25) is 0 Å². The van der Waals surface area contributed by atoms with E-state index in [2.05, 4.69) is 15.5 Å². The normalized spacial score (nSPS) is 19.6. The summed E-state index contributed by atoms with van der Waals surface area (Å²) in [6, 6.07) is 2.10. The van der Waals surface area contributed by atoms with Crippen molar-refractivity contribution in [3.63, 3.8) is 0 Å². The number of carbonyl (C=O) groups is 4. The van der Waals surface area contributed by atoms with E-state index < -0.39 is 35.1 Å². The highest BCUT2D eigenvalue weighted by molar-refractivity contribution is 8.00. The van der Waals surface area contributed by atoms with Crippen LogP contribution in [0.1, 0.15) is 16.1 Å². The number of primary amides is 1. The highest BCUT2D eigenvalue weighted by Crippen LogP contribution is 2.40. The third-order valence-corrected chi connectivity index (χ3v) is 7.26. The van der Waals surface area contributed by atoms with Crippen LogP contribution in [0.5, 0.6) is 0 Å². The second-order valence-electron chi connectivity index (χ2n) is 7.44. The van der Waals surface area contributed by atoms with Crippen LogP contribution in [0.15, 0.2) is 46.3 Å². The Morgan fingerprint density at radius 3 is 2.66 bits per heavy atom. The van der Waals surface area contributed by atoms with E-state index in [0.29, 0.717) is 16.9 Å². The van der Waals surface area contributed by atoms with Crippen molar-refractivity contribution in [1.29, 1.82) is 0 Å². The molecule has 3 amide bonds. The molecule has 1 fully saturated rings. The lowest BCUT2D eigenvalue weighted by Crippen LogP contribution is -2.71. The molecular formula is C20H20N7O6S2+. The summed E-state index contributed by atoms with van der Waals surface area (Å²) in [6.45, 7) is 0.192. The fourth-order valence-electron chi connectivity index (χ4n) is 3.65. The molecule has 0 spiro atoms. The van der Waals surface area contributed by atoms with Crippen LogP contribution in [0.25, 0.3) is 0 Å². The summed E-state index contributed by atoms with van der Waals surface area (Å²) >= 11 is 2.44. The Kier molecular flexibility index (Phi) is 6.70. The Morgan fingerprint density at radius 1 is 1.37 bits per heavy atom. The Labute approximate surface area is 206 Å².